The van der Waals surface area contributed by atoms with Crippen LogP contribution in [-0.4, -0.2) is 18.3 Å². The van der Waals surface area contributed by atoms with Crippen LogP contribution in [-0.2, 0) is 9.63 Å². The monoisotopic (exact) mass is 227 g/mol. The number of ketones is 1. The fraction of sp³-hybridized carbons (Fsp3) is 0.400. The molecule has 1 aromatic rings. The number of nitrogens with one attached hydrogen (secondary N) is 1. The largest absolute Gasteiger partial charge is 0.293 e. The van der Waals surface area contributed by atoms with Crippen LogP contribution in [0, 0.1) is 0 Å². The van der Waals surface area contributed by atoms with E-state index in [1.165, 1.54) is 11.3 Å². The molecule has 1 amide bonds. The highest BCUT2D eigenvalue weighted by Crippen LogP contribution is 2.11. The van der Waals surface area contributed by atoms with Crippen molar-refractivity contribution in [1.82, 2.24) is 5.48 Å². The molecule has 0 aromatic carbocycles. The summed E-state index contributed by atoms with van der Waals surface area (Å²) in [5.41, 5.74) is 2.25. The van der Waals surface area contributed by atoms with Gasteiger partial charge >= 0.3 is 0 Å². The average Bonchev–Trinajstić information content (AvgIpc) is 2.76. The molecule has 0 atom stereocenters. The van der Waals surface area contributed by atoms with E-state index in [1.54, 1.807) is 13.0 Å². The lowest BCUT2D eigenvalue weighted by Crippen LogP contribution is -2.23. The summed E-state index contributed by atoms with van der Waals surface area (Å²) >= 11 is 1.39. The third-order valence-electron chi connectivity index (χ3n) is 1.71. The van der Waals surface area contributed by atoms with E-state index in [-0.39, 0.29) is 24.5 Å². The Morgan fingerprint density at radius 1 is 1.47 bits per heavy atom. The molecule has 1 aromatic heterocycles. The zero-order valence-electron chi connectivity index (χ0n) is 8.49. The van der Waals surface area contributed by atoms with Crippen molar-refractivity contribution in [2.75, 3.05) is 6.61 Å². The predicted octanol–water partition coefficient (Wildman–Crippen LogP) is 1.78. The summed E-state index contributed by atoms with van der Waals surface area (Å²) in [7, 11) is 0. The van der Waals surface area contributed by atoms with Crippen LogP contribution >= 0.6 is 11.3 Å². The van der Waals surface area contributed by atoms with E-state index in [0.29, 0.717) is 11.5 Å². The van der Waals surface area contributed by atoms with Gasteiger partial charge in [0.1, 0.15) is 0 Å². The van der Waals surface area contributed by atoms with Gasteiger partial charge in [0.05, 0.1) is 11.5 Å². The maximum Gasteiger partial charge on any atom is 0.243 e. The van der Waals surface area contributed by atoms with Crippen LogP contribution in [0.4, 0.5) is 0 Å². The summed E-state index contributed by atoms with van der Waals surface area (Å²) in [6.45, 7) is 2.20. The van der Waals surface area contributed by atoms with Crippen molar-refractivity contribution in [3.8, 4) is 0 Å². The molecule has 1 N–H and O–H groups in total. The van der Waals surface area contributed by atoms with Gasteiger partial charge in [-0.25, -0.2) is 5.48 Å². The third-order valence-corrected chi connectivity index (χ3v) is 2.62. The second kappa shape index (κ2) is 6.31. The molecule has 0 aliphatic rings. The van der Waals surface area contributed by atoms with Gasteiger partial charge in [0.25, 0.3) is 0 Å². The molecule has 0 unspecified atom stereocenters. The van der Waals surface area contributed by atoms with Gasteiger partial charge < -0.3 is 0 Å². The standard InChI is InChI=1S/C10H13NO3S/c1-2-14-11-10(13)6-5-8(12)9-4-3-7-15-9/h3-4,7H,2,5-6H2,1H3,(H,11,13). The minimum atomic E-state index is -0.262. The molecule has 0 aliphatic heterocycles. The smallest absolute Gasteiger partial charge is 0.243 e. The average molecular weight is 227 g/mol. The summed E-state index contributed by atoms with van der Waals surface area (Å²) in [6, 6.07) is 3.58. The highest BCUT2D eigenvalue weighted by Gasteiger charge is 2.09. The Bertz CT molecular complexity index is 321. The number of hydrogen-bond acceptors (Lipinski definition) is 4. The first kappa shape index (κ1) is 11.9. The molecule has 5 heteroatoms. The lowest BCUT2D eigenvalue weighted by molar-refractivity contribution is -0.133. The Balaban J connectivity index is 2.25. The van der Waals surface area contributed by atoms with Gasteiger partial charge in [-0.05, 0) is 18.4 Å². The van der Waals surface area contributed by atoms with E-state index < -0.39 is 0 Å². The number of carbonyl (C=O) groups excluding carboxylic acids is 2. The maximum atomic E-state index is 11.5. The molecule has 0 spiro atoms. The second-order valence-corrected chi connectivity index (χ2v) is 3.81. The van der Waals surface area contributed by atoms with Crippen molar-refractivity contribution >= 4 is 23.0 Å². The Morgan fingerprint density at radius 2 is 2.27 bits per heavy atom. The Morgan fingerprint density at radius 3 is 2.87 bits per heavy atom. The van der Waals surface area contributed by atoms with Crippen LogP contribution < -0.4 is 5.48 Å². The molecule has 15 heavy (non-hydrogen) atoms. The number of thiophene rings is 1. The summed E-state index contributed by atoms with van der Waals surface area (Å²) in [4.78, 5) is 28.0. The van der Waals surface area contributed by atoms with Crippen molar-refractivity contribution in [3.05, 3.63) is 22.4 Å². The molecule has 0 saturated carbocycles. The number of rotatable bonds is 6. The van der Waals surface area contributed by atoms with Gasteiger partial charge in [-0.1, -0.05) is 6.07 Å². The highest BCUT2D eigenvalue weighted by atomic mass is 32.1. The summed E-state index contributed by atoms with van der Waals surface area (Å²) in [5.74, 6) is -0.265. The number of hydrogen-bond donors (Lipinski definition) is 1. The molecule has 0 bridgehead atoms. The van der Waals surface area contributed by atoms with Gasteiger partial charge in [-0.2, -0.15) is 0 Å². The van der Waals surface area contributed by atoms with Crippen LogP contribution in [0.3, 0.4) is 0 Å². The summed E-state index contributed by atoms with van der Waals surface area (Å²) in [6.07, 6.45) is 0.385. The fourth-order valence-corrected chi connectivity index (χ4v) is 1.69. The van der Waals surface area contributed by atoms with Crippen LogP contribution in [0.5, 0.6) is 0 Å². The molecule has 1 rings (SSSR count). The first-order valence-electron chi connectivity index (χ1n) is 4.71. The van der Waals surface area contributed by atoms with E-state index in [4.69, 9.17) is 4.84 Å². The highest BCUT2D eigenvalue weighted by molar-refractivity contribution is 7.12. The van der Waals surface area contributed by atoms with Crippen LogP contribution in [0.2, 0.25) is 0 Å². The van der Waals surface area contributed by atoms with Gasteiger partial charge in [-0.3, -0.25) is 14.4 Å². The number of carbonyl (C=O) groups is 2. The predicted molar refractivity (Wildman–Crippen MR) is 57.7 cm³/mol. The molecule has 0 radical (unpaired) electrons. The van der Waals surface area contributed by atoms with Gasteiger partial charge in [0, 0.05) is 12.8 Å². The molecule has 4 nitrogen and oxygen atoms in total. The van der Waals surface area contributed by atoms with Crippen LogP contribution in [0.15, 0.2) is 17.5 Å². The maximum absolute atomic E-state index is 11.5. The van der Waals surface area contributed by atoms with Crippen molar-refractivity contribution in [1.29, 1.82) is 0 Å². The van der Waals surface area contributed by atoms with E-state index in [1.807, 2.05) is 11.4 Å². The molecular formula is C10H13NO3S. The number of amides is 1. The normalized spacial score (nSPS) is 9.93. The zero-order valence-corrected chi connectivity index (χ0v) is 9.30. The Labute approximate surface area is 92.2 Å². The van der Waals surface area contributed by atoms with Gasteiger partial charge in [0.2, 0.25) is 5.91 Å². The van der Waals surface area contributed by atoms with E-state index in [2.05, 4.69) is 5.48 Å². The Hall–Kier alpha value is -1.20. The molecule has 0 fully saturated rings. The topological polar surface area (TPSA) is 55.4 Å². The summed E-state index contributed by atoms with van der Waals surface area (Å²) < 4.78 is 0. The minimum absolute atomic E-state index is 0.00310. The van der Waals surface area contributed by atoms with Crippen molar-refractivity contribution in [2.24, 2.45) is 0 Å². The summed E-state index contributed by atoms with van der Waals surface area (Å²) in [5, 5.41) is 1.84. The molecule has 0 aliphatic carbocycles. The third kappa shape index (κ3) is 4.22. The molecule has 0 saturated heterocycles. The first-order valence-corrected chi connectivity index (χ1v) is 5.59. The molecule has 82 valence electrons. The van der Waals surface area contributed by atoms with Crippen molar-refractivity contribution < 1.29 is 14.4 Å². The van der Waals surface area contributed by atoms with Crippen molar-refractivity contribution in [3.63, 3.8) is 0 Å². The van der Waals surface area contributed by atoms with E-state index in [0.717, 1.165) is 0 Å². The number of Topliss-reactive ketones (excluding diaryl/α,β-unsaturated/α-hetero) is 1. The SMILES string of the molecule is CCONC(=O)CCC(=O)c1cccs1. The quantitative estimate of drug-likeness (QED) is 0.595. The van der Waals surface area contributed by atoms with Crippen molar-refractivity contribution in [2.45, 2.75) is 19.8 Å². The molecular weight excluding hydrogens is 214 g/mol. The fourth-order valence-electron chi connectivity index (χ4n) is 0.991. The lowest BCUT2D eigenvalue weighted by Gasteiger charge is -2.02. The van der Waals surface area contributed by atoms with E-state index in [9.17, 15) is 9.59 Å². The van der Waals surface area contributed by atoms with Crippen LogP contribution in [0.1, 0.15) is 29.4 Å². The Kier molecular flexibility index (Phi) is 5.00. The zero-order chi connectivity index (χ0) is 11.1. The minimum Gasteiger partial charge on any atom is -0.293 e. The van der Waals surface area contributed by atoms with Gasteiger partial charge in [0.15, 0.2) is 5.78 Å². The lowest BCUT2D eigenvalue weighted by atomic mass is 10.2. The number of hydroxylamine groups is 1. The second-order valence-electron chi connectivity index (χ2n) is 2.86. The first-order chi connectivity index (χ1) is 7.24. The van der Waals surface area contributed by atoms with E-state index >= 15 is 0 Å². The van der Waals surface area contributed by atoms with Gasteiger partial charge in [-0.15, -0.1) is 11.3 Å². The van der Waals surface area contributed by atoms with Crippen LogP contribution in [0.25, 0.3) is 0 Å². The molecule has 1 heterocycles.